The van der Waals surface area contributed by atoms with Crippen LogP contribution in [0.2, 0.25) is 0 Å². The standard InChI is InChI=1S/C33H34N6O3/c1-38-16-18-39(19-17-38)15-13-22-5-9-25(10-6-22)35-32(41)24-7-11-28-29(21-24)37-31(36-28)27-20-23(8-12-30(27)40)26-4-3-14-34-33(26)42-2/h3-12,14,20-21,40H,13,15-19H2,1-2H3,(H,35,41)(H,36,37). The number of methoxy groups -OCH3 is 1. The van der Waals surface area contributed by atoms with Gasteiger partial charge in [-0.15, -0.1) is 0 Å². The monoisotopic (exact) mass is 562 g/mol. The van der Waals surface area contributed by atoms with E-state index in [0.29, 0.717) is 33.9 Å². The van der Waals surface area contributed by atoms with Gasteiger partial charge in [-0.1, -0.05) is 18.2 Å². The first-order valence-corrected chi connectivity index (χ1v) is 14.1. The molecule has 0 unspecified atom stereocenters. The molecule has 2 aromatic heterocycles. The van der Waals surface area contributed by atoms with Crippen LogP contribution in [0.5, 0.6) is 11.6 Å². The predicted octanol–water partition coefficient (Wildman–Crippen LogP) is 5.05. The molecule has 1 aliphatic heterocycles. The van der Waals surface area contributed by atoms with Gasteiger partial charge in [0.2, 0.25) is 5.88 Å². The number of hydrogen-bond donors (Lipinski definition) is 3. The number of likely N-dealkylation sites (N-methyl/N-ethyl adjacent to an activating group) is 1. The zero-order valence-electron chi connectivity index (χ0n) is 23.8. The lowest BCUT2D eigenvalue weighted by Crippen LogP contribution is -2.45. The van der Waals surface area contributed by atoms with Crippen LogP contribution in [0.25, 0.3) is 33.5 Å². The van der Waals surface area contributed by atoms with E-state index in [1.807, 2.05) is 36.4 Å². The molecule has 5 aromatic rings. The highest BCUT2D eigenvalue weighted by atomic mass is 16.5. The summed E-state index contributed by atoms with van der Waals surface area (Å²) in [6.45, 7) is 5.51. The minimum absolute atomic E-state index is 0.0885. The summed E-state index contributed by atoms with van der Waals surface area (Å²) in [4.78, 5) is 30.2. The predicted molar refractivity (Wildman–Crippen MR) is 165 cm³/mol. The third-order valence-electron chi connectivity index (χ3n) is 7.80. The average Bonchev–Trinajstić information content (AvgIpc) is 3.45. The number of hydrogen-bond acceptors (Lipinski definition) is 7. The van der Waals surface area contributed by atoms with E-state index < -0.39 is 0 Å². The number of anilines is 1. The highest BCUT2D eigenvalue weighted by molar-refractivity contribution is 6.06. The second kappa shape index (κ2) is 12.0. The molecule has 9 nitrogen and oxygen atoms in total. The van der Waals surface area contributed by atoms with Crippen molar-refractivity contribution < 1.29 is 14.6 Å². The van der Waals surface area contributed by atoms with E-state index in [1.54, 1.807) is 37.6 Å². The van der Waals surface area contributed by atoms with Crippen molar-refractivity contribution in [2.75, 3.05) is 52.2 Å². The molecule has 1 saturated heterocycles. The van der Waals surface area contributed by atoms with Crippen molar-refractivity contribution >= 4 is 22.6 Å². The van der Waals surface area contributed by atoms with E-state index in [2.05, 4.69) is 49.2 Å². The summed E-state index contributed by atoms with van der Waals surface area (Å²) in [6, 6.07) is 22.4. The third-order valence-corrected chi connectivity index (χ3v) is 7.80. The minimum atomic E-state index is -0.202. The summed E-state index contributed by atoms with van der Waals surface area (Å²) in [5, 5.41) is 13.6. The summed E-state index contributed by atoms with van der Waals surface area (Å²) in [7, 11) is 3.74. The van der Waals surface area contributed by atoms with E-state index in [-0.39, 0.29) is 11.7 Å². The summed E-state index contributed by atoms with van der Waals surface area (Å²) in [5.41, 5.74) is 6.07. The molecule has 1 aliphatic rings. The third kappa shape index (κ3) is 5.97. The first-order chi connectivity index (χ1) is 20.5. The average molecular weight is 563 g/mol. The van der Waals surface area contributed by atoms with Gasteiger partial charge in [0.1, 0.15) is 11.6 Å². The van der Waals surface area contributed by atoms with Gasteiger partial charge in [-0.05, 0) is 79.2 Å². The Labute approximate surface area is 244 Å². The molecule has 0 aliphatic carbocycles. The number of phenols is 1. The van der Waals surface area contributed by atoms with Gasteiger partial charge in [0.05, 0.1) is 23.7 Å². The van der Waals surface area contributed by atoms with E-state index in [1.165, 1.54) is 5.56 Å². The molecule has 1 fully saturated rings. The number of aromatic nitrogens is 3. The van der Waals surface area contributed by atoms with Gasteiger partial charge in [0.15, 0.2) is 0 Å². The van der Waals surface area contributed by atoms with E-state index in [9.17, 15) is 9.90 Å². The van der Waals surface area contributed by atoms with Crippen molar-refractivity contribution in [2.45, 2.75) is 6.42 Å². The fourth-order valence-electron chi connectivity index (χ4n) is 5.26. The number of aromatic hydroxyl groups is 1. The number of pyridine rings is 1. The Morgan fingerprint density at radius 3 is 2.60 bits per heavy atom. The zero-order chi connectivity index (χ0) is 29.1. The first-order valence-electron chi connectivity index (χ1n) is 14.1. The number of phenolic OH excluding ortho intramolecular Hbond substituents is 1. The minimum Gasteiger partial charge on any atom is -0.507 e. The van der Waals surface area contributed by atoms with Crippen LogP contribution >= 0.6 is 0 Å². The van der Waals surface area contributed by atoms with Gasteiger partial charge >= 0.3 is 0 Å². The summed E-state index contributed by atoms with van der Waals surface area (Å²) >= 11 is 0. The highest BCUT2D eigenvalue weighted by Gasteiger charge is 2.16. The number of carbonyl (C=O) groups excluding carboxylic acids is 1. The van der Waals surface area contributed by atoms with Gasteiger partial charge < -0.3 is 29.9 Å². The van der Waals surface area contributed by atoms with Gasteiger partial charge in [-0.2, -0.15) is 0 Å². The Kier molecular flexibility index (Phi) is 7.85. The Morgan fingerprint density at radius 2 is 1.81 bits per heavy atom. The molecule has 1 amide bonds. The number of amides is 1. The first kappa shape index (κ1) is 27.4. The summed E-state index contributed by atoms with van der Waals surface area (Å²) in [5.74, 6) is 0.879. The number of imidazole rings is 1. The number of ether oxygens (including phenoxy) is 1. The number of nitrogens with one attached hydrogen (secondary N) is 2. The molecule has 3 aromatic carbocycles. The number of benzene rings is 3. The van der Waals surface area contributed by atoms with Crippen molar-refractivity contribution in [3.05, 3.63) is 90.1 Å². The van der Waals surface area contributed by atoms with Crippen LogP contribution < -0.4 is 10.1 Å². The lowest BCUT2D eigenvalue weighted by molar-refractivity contribution is 0.102. The molecule has 0 bridgehead atoms. The maximum absolute atomic E-state index is 13.1. The molecule has 3 N–H and O–H groups in total. The number of rotatable bonds is 8. The molecule has 0 saturated carbocycles. The second-order valence-electron chi connectivity index (χ2n) is 10.7. The highest BCUT2D eigenvalue weighted by Crippen LogP contribution is 2.35. The maximum atomic E-state index is 13.1. The summed E-state index contributed by atoms with van der Waals surface area (Å²) < 4.78 is 5.41. The van der Waals surface area contributed by atoms with E-state index >= 15 is 0 Å². The van der Waals surface area contributed by atoms with Crippen molar-refractivity contribution in [3.8, 4) is 34.1 Å². The number of H-pyrrole nitrogens is 1. The molecule has 214 valence electrons. The van der Waals surface area contributed by atoms with Crippen molar-refractivity contribution in [1.82, 2.24) is 24.8 Å². The molecule has 0 radical (unpaired) electrons. The quantitative estimate of drug-likeness (QED) is 0.243. The Balaban J connectivity index is 1.15. The molecule has 0 spiro atoms. The van der Waals surface area contributed by atoms with Crippen molar-refractivity contribution in [2.24, 2.45) is 0 Å². The number of nitrogens with zero attached hydrogens (tertiary/aromatic N) is 4. The van der Waals surface area contributed by atoms with Gasteiger partial charge in [-0.3, -0.25) is 4.79 Å². The van der Waals surface area contributed by atoms with Crippen LogP contribution in [0.4, 0.5) is 5.69 Å². The lowest BCUT2D eigenvalue weighted by Gasteiger charge is -2.32. The number of piperazine rings is 1. The molecule has 9 heteroatoms. The van der Waals surface area contributed by atoms with E-state index in [0.717, 1.165) is 56.0 Å². The lowest BCUT2D eigenvalue weighted by atomic mass is 10.0. The van der Waals surface area contributed by atoms with Crippen LogP contribution in [0, 0.1) is 0 Å². The zero-order valence-corrected chi connectivity index (χ0v) is 23.8. The summed E-state index contributed by atoms with van der Waals surface area (Å²) in [6.07, 6.45) is 2.66. The molecule has 42 heavy (non-hydrogen) atoms. The van der Waals surface area contributed by atoms with Gasteiger partial charge in [-0.25, -0.2) is 9.97 Å². The van der Waals surface area contributed by atoms with Crippen LogP contribution in [-0.4, -0.2) is 82.6 Å². The fourth-order valence-corrected chi connectivity index (χ4v) is 5.26. The smallest absolute Gasteiger partial charge is 0.255 e. The SMILES string of the molecule is COc1ncccc1-c1ccc(O)c(-c2nc3ccc(C(=O)Nc4ccc(CCN5CCN(C)CC5)cc4)cc3[nH]2)c1. The van der Waals surface area contributed by atoms with Crippen LogP contribution in [-0.2, 0) is 6.42 Å². The topological polar surface area (TPSA) is 107 Å². The van der Waals surface area contributed by atoms with Crippen LogP contribution in [0.1, 0.15) is 15.9 Å². The second-order valence-corrected chi connectivity index (χ2v) is 10.7. The number of carbonyl (C=O) groups is 1. The van der Waals surface area contributed by atoms with Gasteiger partial charge in [0.25, 0.3) is 5.91 Å². The molecular formula is C33H34N6O3. The Hall–Kier alpha value is -4.73. The maximum Gasteiger partial charge on any atom is 0.255 e. The number of aromatic amines is 1. The van der Waals surface area contributed by atoms with E-state index in [4.69, 9.17) is 4.74 Å². The normalized spacial score (nSPS) is 14.2. The largest absolute Gasteiger partial charge is 0.507 e. The fraction of sp³-hybridized carbons (Fsp3) is 0.242. The van der Waals surface area contributed by atoms with Crippen LogP contribution in [0.15, 0.2) is 79.0 Å². The van der Waals surface area contributed by atoms with Gasteiger partial charge in [0, 0.05) is 55.7 Å². The van der Waals surface area contributed by atoms with Crippen LogP contribution in [0.3, 0.4) is 0 Å². The van der Waals surface area contributed by atoms with Crippen molar-refractivity contribution in [3.63, 3.8) is 0 Å². The molecule has 6 rings (SSSR count). The van der Waals surface area contributed by atoms with Crippen molar-refractivity contribution in [1.29, 1.82) is 0 Å². The molecule has 3 heterocycles. The molecular weight excluding hydrogens is 528 g/mol. The molecule has 0 atom stereocenters. The Bertz CT molecular complexity index is 1710. The Morgan fingerprint density at radius 1 is 1.00 bits per heavy atom. The number of fused-ring (bicyclic) bond motifs is 1.